The van der Waals surface area contributed by atoms with Gasteiger partial charge in [-0.25, -0.2) is 0 Å². The Balaban J connectivity index is 2.41. The van der Waals surface area contributed by atoms with Crippen molar-refractivity contribution >= 4 is 0 Å². The standard InChI is InChI=1S/C10H21NO2/c1-4-10(12)9(3)11-5-6-13-8(2)7-11/h8-10,12H,4-7H2,1-3H3. The van der Waals surface area contributed by atoms with Crippen molar-refractivity contribution in [2.24, 2.45) is 0 Å². The molecule has 1 N–H and O–H groups in total. The molecular weight excluding hydrogens is 166 g/mol. The molecule has 3 atom stereocenters. The molecule has 78 valence electrons. The Labute approximate surface area is 80.7 Å². The van der Waals surface area contributed by atoms with Crippen molar-refractivity contribution in [3.63, 3.8) is 0 Å². The van der Waals surface area contributed by atoms with Crippen molar-refractivity contribution in [2.45, 2.75) is 45.4 Å². The first-order chi connectivity index (χ1) is 6.15. The van der Waals surface area contributed by atoms with E-state index in [0.29, 0.717) is 6.10 Å². The largest absolute Gasteiger partial charge is 0.392 e. The van der Waals surface area contributed by atoms with Crippen LogP contribution in [0.3, 0.4) is 0 Å². The van der Waals surface area contributed by atoms with E-state index in [9.17, 15) is 5.11 Å². The summed E-state index contributed by atoms with van der Waals surface area (Å²) in [7, 11) is 0. The number of morpholine rings is 1. The predicted molar refractivity (Wildman–Crippen MR) is 52.7 cm³/mol. The molecule has 1 aliphatic rings. The molecule has 3 nitrogen and oxygen atoms in total. The van der Waals surface area contributed by atoms with Gasteiger partial charge in [0.25, 0.3) is 0 Å². The van der Waals surface area contributed by atoms with Crippen LogP contribution in [0.2, 0.25) is 0 Å². The number of nitrogens with zero attached hydrogens (tertiary/aromatic N) is 1. The summed E-state index contributed by atoms with van der Waals surface area (Å²) in [4.78, 5) is 2.31. The van der Waals surface area contributed by atoms with Gasteiger partial charge in [-0.3, -0.25) is 4.90 Å². The van der Waals surface area contributed by atoms with E-state index in [1.54, 1.807) is 0 Å². The zero-order valence-electron chi connectivity index (χ0n) is 8.86. The van der Waals surface area contributed by atoms with Gasteiger partial charge in [-0.1, -0.05) is 6.92 Å². The smallest absolute Gasteiger partial charge is 0.0690 e. The number of ether oxygens (including phenoxy) is 1. The van der Waals surface area contributed by atoms with Gasteiger partial charge in [-0.05, 0) is 20.3 Å². The van der Waals surface area contributed by atoms with E-state index >= 15 is 0 Å². The molecule has 0 bridgehead atoms. The highest BCUT2D eigenvalue weighted by Gasteiger charge is 2.24. The van der Waals surface area contributed by atoms with Crippen LogP contribution in [0.4, 0.5) is 0 Å². The molecule has 1 rings (SSSR count). The van der Waals surface area contributed by atoms with Gasteiger partial charge < -0.3 is 9.84 Å². The Morgan fingerprint density at radius 2 is 2.31 bits per heavy atom. The number of rotatable bonds is 3. The Morgan fingerprint density at radius 3 is 2.85 bits per heavy atom. The number of hydrogen-bond donors (Lipinski definition) is 1. The highest BCUT2D eigenvalue weighted by atomic mass is 16.5. The molecule has 0 aromatic rings. The van der Waals surface area contributed by atoms with Gasteiger partial charge in [0.15, 0.2) is 0 Å². The molecule has 0 aromatic heterocycles. The summed E-state index contributed by atoms with van der Waals surface area (Å²) >= 11 is 0. The highest BCUT2D eigenvalue weighted by Crippen LogP contribution is 2.12. The van der Waals surface area contributed by atoms with E-state index < -0.39 is 0 Å². The van der Waals surface area contributed by atoms with Crippen LogP contribution < -0.4 is 0 Å². The van der Waals surface area contributed by atoms with Crippen molar-refractivity contribution in [2.75, 3.05) is 19.7 Å². The fraction of sp³-hybridized carbons (Fsp3) is 1.00. The maximum atomic E-state index is 9.68. The fourth-order valence-electron chi connectivity index (χ4n) is 1.80. The van der Waals surface area contributed by atoms with Crippen LogP contribution in [0, 0.1) is 0 Å². The lowest BCUT2D eigenvalue weighted by atomic mass is 10.1. The molecule has 1 fully saturated rings. The van der Waals surface area contributed by atoms with Crippen LogP contribution in [0.15, 0.2) is 0 Å². The maximum absolute atomic E-state index is 9.68. The van der Waals surface area contributed by atoms with Gasteiger partial charge >= 0.3 is 0 Å². The average Bonchev–Trinajstić information content (AvgIpc) is 2.15. The first-order valence-corrected chi connectivity index (χ1v) is 5.18. The van der Waals surface area contributed by atoms with E-state index in [1.807, 2.05) is 6.92 Å². The lowest BCUT2D eigenvalue weighted by Gasteiger charge is -2.37. The molecule has 0 radical (unpaired) electrons. The van der Waals surface area contributed by atoms with Gasteiger partial charge in [0.2, 0.25) is 0 Å². The van der Waals surface area contributed by atoms with Crippen LogP contribution in [-0.2, 0) is 4.74 Å². The number of hydrogen-bond acceptors (Lipinski definition) is 3. The summed E-state index contributed by atoms with van der Waals surface area (Å²) in [6.45, 7) is 8.87. The quantitative estimate of drug-likeness (QED) is 0.711. The van der Waals surface area contributed by atoms with Crippen LogP contribution in [0.1, 0.15) is 27.2 Å². The zero-order chi connectivity index (χ0) is 9.84. The van der Waals surface area contributed by atoms with Crippen molar-refractivity contribution in [1.82, 2.24) is 4.90 Å². The molecule has 0 aliphatic carbocycles. The Hall–Kier alpha value is -0.120. The van der Waals surface area contributed by atoms with Gasteiger partial charge in [0, 0.05) is 19.1 Å². The van der Waals surface area contributed by atoms with Gasteiger partial charge in [0.1, 0.15) is 0 Å². The molecule has 1 saturated heterocycles. The van der Waals surface area contributed by atoms with E-state index in [1.165, 1.54) is 0 Å². The third-order valence-corrected chi connectivity index (χ3v) is 2.82. The van der Waals surface area contributed by atoms with Crippen molar-refractivity contribution in [1.29, 1.82) is 0 Å². The maximum Gasteiger partial charge on any atom is 0.0690 e. The molecule has 1 heterocycles. The summed E-state index contributed by atoms with van der Waals surface area (Å²) in [6.07, 6.45) is 0.929. The molecule has 0 saturated carbocycles. The molecule has 13 heavy (non-hydrogen) atoms. The average molecular weight is 187 g/mol. The van der Waals surface area contributed by atoms with Crippen LogP contribution in [-0.4, -0.2) is 48.0 Å². The van der Waals surface area contributed by atoms with E-state index in [0.717, 1.165) is 26.1 Å². The lowest BCUT2D eigenvalue weighted by molar-refractivity contribution is -0.0538. The third-order valence-electron chi connectivity index (χ3n) is 2.82. The monoisotopic (exact) mass is 187 g/mol. The normalized spacial score (nSPS) is 30.0. The van der Waals surface area contributed by atoms with Crippen molar-refractivity contribution in [3.05, 3.63) is 0 Å². The topological polar surface area (TPSA) is 32.7 Å². The Kier molecular flexibility index (Phi) is 4.16. The van der Waals surface area contributed by atoms with Crippen LogP contribution in [0.5, 0.6) is 0 Å². The first-order valence-electron chi connectivity index (χ1n) is 5.18. The Bertz CT molecular complexity index is 152. The molecule has 3 heteroatoms. The van der Waals surface area contributed by atoms with Crippen LogP contribution in [0.25, 0.3) is 0 Å². The Morgan fingerprint density at radius 1 is 1.62 bits per heavy atom. The minimum Gasteiger partial charge on any atom is -0.392 e. The van der Waals surface area contributed by atoms with E-state index in [4.69, 9.17) is 4.74 Å². The summed E-state index contributed by atoms with van der Waals surface area (Å²) in [5.74, 6) is 0. The van der Waals surface area contributed by atoms with Crippen molar-refractivity contribution in [3.8, 4) is 0 Å². The highest BCUT2D eigenvalue weighted by molar-refractivity contribution is 4.78. The molecule has 3 unspecified atom stereocenters. The van der Waals surface area contributed by atoms with Gasteiger partial charge in [-0.15, -0.1) is 0 Å². The lowest BCUT2D eigenvalue weighted by Crippen LogP contribution is -2.49. The zero-order valence-corrected chi connectivity index (χ0v) is 8.86. The molecule has 0 amide bonds. The number of aliphatic hydroxyl groups is 1. The number of aliphatic hydroxyl groups excluding tert-OH is 1. The summed E-state index contributed by atoms with van der Waals surface area (Å²) in [5, 5.41) is 9.68. The van der Waals surface area contributed by atoms with E-state index in [-0.39, 0.29) is 12.1 Å². The van der Waals surface area contributed by atoms with Crippen molar-refractivity contribution < 1.29 is 9.84 Å². The summed E-state index contributed by atoms with van der Waals surface area (Å²) in [5.41, 5.74) is 0. The van der Waals surface area contributed by atoms with E-state index in [2.05, 4.69) is 18.7 Å². The summed E-state index contributed by atoms with van der Waals surface area (Å²) in [6, 6.07) is 0.261. The molecule has 0 spiro atoms. The minimum absolute atomic E-state index is 0.203. The van der Waals surface area contributed by atoms with Gasteiger partial charge in [-0.2, -0.15) is 0 Å². The first kappa shape index (κ1) is 11.0. The summed E-state index contributed by atoms with van der Waals surface area (Å²) < 4.78 is 5.45. The van der Waals surface area contributed by atoms with Crippen LogP contribution >= 0.6 is 0 Å². The molecule has 0 aromatic carbocycles. The second-order valence-corrected chi connectivity index (χ2v) is 3.89. The fourth-order valence-corrected chi connectivity index (χ4v) is 1.80. The SMILES string of the molecule is CCC(O)C(C)N1CCOC(C)C1. The molecular formula is C10H21NO2. The minimum atomic E-state index is -0.203. The predicted octanol–water partition coefficient (Wildman–Crippen LogP) is 0.866. The van der Waals surface area contributed by atoms with Gasteiger partial charge in [0.05, 0.1) is 18.8 Å². The second kappa shape index (κ2) is 4.94. The third kappa shape index (κ3) is 2.93. The second-order valence-electron chi connectivity index (χ2n) is 3.89. The molecule has 1 aliphatic heterocycles.